The molecular weight excluding hydrogens is 338 g/mol. The number of nitrogens with zero attached hydrogens (tertiary/aromatic N) is 1. The van der Waals surface area contributed by atoms with Crippen LogP contribution in [0, 0.1) is 6.92 Å². The number of imide groups is 1. The highest BCUT2D eigenvalue weighted by atomic mass is 79.9. The fraction of sp³-hybridized carbons (Fsp3) is 0.0714. The van der Waals surface area contributed by atoms with E-state index in [4.69, 9.17) is 5.73 Å². The number of fused-ring (bicyclic) bond motifs is 1. The molecule has 1 aromatic heterocycles. The molecule has 1 aliphatic rings. The van der Waals surface area contributed by atoms with Gasteiger partial charge in [0.25, 0.3) is 17.4 Å². The Morgan fingerprint density at radius 3 is 2.52 bits per heavy atom. The van der Waals surface area contributed by atoms with Crippen LogP contribution in [0.25, 0.3) is 5.69 Å². The molecule has 2 heterocycles. The van der Waals surface area contributed by atoms with Gasteiger partial charge in [-0.15, -0.1) is 0 Å². The molecule has 2 aromatic rings. The molecule has 21 heavy (non-hydrogen) atoms. The van der Waals surface area contributed by atoms with E-state index in [1.54, 1.807) is 18.2 Å². The number of pyridine rings is 1. The second-order valence-electron chi connectivity index (χ2n) is 4.71. The first kappa shape index (κ1) is 13.6. The molecule has 2 amide bonds. The number of hydrogen-bond acceptors (Lipinski definition) is 4. The fourth-order valence-electron chi connectivity index (χ4n) is 2.31. The molecule has 7 heteroatoms. The van der Waals surface area contributed by atoms with Gasteiger partial charge in [-0.2, -0.15) is 0 Å². The minimum atomic E-state index is -0.599. The van der Waals surface area contributed by atoms with Crippen LogP contribution >= 0.6 is 15.9 Å². The van der Waals surface area contributed by atoms with E-state index in [-0.39, 0.29) is 16.9 Å². The molecule has 0 aliphatic carbocycles. The van der Waals surface area contributed by atoms with Crippen molar-refractivity contribution < 1.29 is 9.59 Å². The number of benzene rings is 1. The molecule has 1 aliphatic heterocycles. The SMILES string of the molecule is Cc1cc(-n2c(N)c3c(cc2=O)C(=O)NC3=O)ccc1Br. The first-order valence-corrected chi connectivity index (χ1v) is 6.87. The van der Waals surface area contributed by atoms with Crippen LogP contribution in [0.1, 0.15) is 26.3 Å². The lowest BCUT2D eigenvalue weighted by Crippen LogP contribution is -2.24. The van der Waals surface area contributed by atoms with Crippen molar-refractivity contribution in [2.24, 2.45) is 0 Å². The summed E-state index contributed by atoms with van der Waals surface area (Å²) >= 11 is 3.38. The van der Waals surface area contributed by atoms with Crippen LogP contribution < -0.4 is 16.6 Å². The number of hydrogen-bond donors (Lipinski definition) is 2. The normalized spacial score (nSPS) is 13.2. The number of aromatic nitrogens is 1. The van der Waals surface area contributed by atoms with E-state index < -0.39 is 17.4 Å². The average molecular weight is 348 g/mol. The Hall–Kier alpha value is -2.41. The van der Waals surface area contributed by atoms with Crippen molar-refractivity contribution in [2.45, 2.75) is 6.92 Å². The highest BCUT2D eigenvalue weighted by molar-refractivity contribution is 9.10. The zero-order chi connectivity index (χ0) is 15.3. The van der Waals surface area contributed by atoms with Gasteiger partial charge >= 0.3 is 0 Å². The minimum absolute atomic E-state index is 0.0209. The molecule has 3 N–H and O–H groups in total. The number of nitrogens with one attached hydrogen (secondary N) is 1. The topological polar surface area (TPSA) is 94.2 Å². The largest absolute Gasteiger partial charge is 0.384 e. The molecule has 0 fully saturated rings. The molecule has 106 valence electrons. The molecule has 1 aromatic carbocycles. The lowest BCUT2D eigenvalue weighted by atomic mass is 10.1. The second kappa shape index (κ2) is 4.56. The summed E-state index contributed by atoms with van der Waals surface area (Å²) in [5, 5.41) is 2.13. The number of amides is 2. The first-order chi connectivity index (χ1) is 9.90. The maximum absolute atomic E-state index is 12.2. The first-order valence-electron chi connectivity index (χ1n) is 6.08. The van der Waals surface area contributed by atoms with E-state index in [9.17, 15) is 14.4 Å². The number of halogens is 1. The minimum Gasteiger partial charge on any atom is -0.384 e. The molecule has 0 unspecified atom stereocenters. The van der Waals surface area contributed by atoms with Crippen molar-refractivity contribution in [3.8, 4) is 5.69 Å². The quantitative estimate of drug-likeness (QED) is 0.762. The fourth-order valence-corrected chi connectivity index (χ4v) is 2.56. The maximum Gasteiger partial charge on any atom is 0.262 e. The van der Waals surface area contributed by atoms with Crippen molar-refractivity contribution in [3.63, 3.8) is 0 Å². The van der Waals surface area contributed by atoms with Gasteiger partial charge in [0.2, 0.25) is 0 Å². The molecule has 0 bridgehead atoms. The molecule has 6 nitrogen and oxygen atoms in total. The van der Waals surface area contributed by atoms with Gasteiger partial charge in [-0.05, 0) is 30.7 Å². The standard InChI is InChI=1S/C14H10BrN3O3/c1-6-4-7(2-3-9(6)15)18-10(19)5-8-11(12(18)16)14(21)17-13(8)20/h2-5H,16H2,1H3,(H,17,20,21). The van der Waals surface area contributed by atoms with Gasteiger partial charge in [0, 0.05) is 10.5 Å². The highest BCUT2D eigenvalue weighted by Crippen LogP contribution is 2.25. The molecule has 3 rings (SSSR count). The van der Waals surface area contributed by atoms with E-state index in [0.29, 0.717) is 5.69 Å². The van der Waals surface area contributed by atoms with E-state index in [1.165, 1.54) is 4.57 Å². The number of rotatable bonds is 1. The summed E-state index contributed by atoms with van der Waals surface area (Å²) in [6.45, 7) is 1.87. The van der Waals surface area contributed by atoms with Gasteiger partial charge in [-0.25, -0.2) is 0 Å². The van der Waals surface area contributed by atoms with E-state index >= 15 is 0 Å². The second-order valence-corrected chi connectivity index (χ2v) is 5.56. The summed E-state index contributed by atoms with van der Waals surface area (Å²) < 4.78 is 2.11. The Morgan fingerprint density at radius 1 is 1.14 bits per heavy atom. The van der Waals surface area contributed by atoms with Crippen LogP contribution in [0.4, 0.5) is 5.82 Å². The zero-order valence-electron chi connectivity index (χ0n) is 10.9. The Kier molecular flexibility index (Phi) is 2.94. The summed E-state index contributed by atoms with van der Waals surface area (Å²) in [5.41, 5.74) is 7.00. The Morgan fingerprint density at radius 2 is 1.86 bits per heavy atom. The molecule has 0 saturated carbocycles. The van der Waals surface area contributed by atoms with Crippen molar-refractivity contribution in [1.82, 2.24) is 9.88 Å². The molecule has 0 atom stereocenters. The number of aryl methyl sites for hydroxylation is 1. The Balaban J connectivity index is 2.32. The molecule has 0 saturated heterocycles. The Bertz CT molecular complexity index is 870. The van der Waals surface area contributed by atoms with E-state index in [0.717, 1.165) is 16.1 Å². The number of carbonyl (C=O) groups is 2. The van der Waals surface area contributed by atoms with Crippen LogP contribution in [-0.4, -0.2) is 16.4 Å². The monoisotopic (exact) mass is 347 g/mol. The van der Waals surface area contributed by atoms with Crippen molar-refractivity contribution in [1.29, 1.82) is 0 Å². The summed E-state index contributed by atoms with van der Waals surface area (Å²) in [4.78, 5) is 35.6. The summed E-state index contributed by atoms with van der Waals surface area (Å²) in [7, 11) is 0. The maximum atomic E-state index is 12.2. The number of anilines is 1. The molecular formula is C14H10BrN3O3. The lowest BCUT2D eigenvalue weighted by Gasteiger charge is -2.12. The van der Waals surface area contributed by atoms with Crippen LogP contribution in [0.15, 0.2) is 33.5 Å². The van der Waals surface area contributed by atoms with Crippen LogP contribution in [0.2, 0.25) is 0 Å². The summed E-state index contributed by atoms with van der Waals surface area (Å²) in [5.74, 6) is -1.23. The van der Waals surface area contributed by atoms with Gasteiger partial charge in [0.1, 0.15) is 5.82 Å². The average Bonchev–Trinajstić information content (AvgIpc) is 2.69. The van der Waals surface area contributed by atoms with Crippen molar-refractivity contribution in [3.05, 3.63) is 55.8 Å². The van der Waals surface area contributed by atoms with Gasteiger partial charge in [-0.3, -0.25) is 24.3 Å². The smallest absolute Gasteiger partial charge is 0.262 e. The van der Waals surface area contributed by atoms with Crippen molar-refractivity contribution in [2.75, 3.05) is 5.73 Å². The zero-order valence-corrected chi connectivity index (χ0v) is 12.5. The van der Waals surface area contributed by atoms with Gasteiger partial charge in [0.15, 0.2) is 0 Å². The van der Waals surface area contributed by atoms with Crippen LogP contribution in [-0.2, 0) is 0 Å². The van der Waals surface area contributed by atoms with Crippen LogP contribution in [0.3, 0.4) is 0 Å². The predicted octanol–water partition coefficient (Wildman–Crippen LogP) is 1.37. The summed E-state index contributed by atoms with van der Waals surface area (Å²) in [6.07, 6.45) is 0. The summed E-state index contributed by atoms with van der Waals surface area (Å²) in [6, 6.07) is 6.39. The predicted molar refractivity (Wildman–Crippen MR) is 80.7 cm³/mol. The van der Waals surface area contributed by atoms with Crippen LogP contribution in [0.5, 0.6) is 0 Å². The van der Waals surface area contributed by atoms with E-state index in [1.807, 2.05) is 6.92 Å². The third-order valence-electron chi connectivity index (χ3n) is 3.35. The number of nitrogens with two attached hydrogens (primary N) is 1. The third-order valence-corrected chi connectivity index (χ3v) is 4.24. The van der Waals surface area contributed by atoms with Crippen molar-refractivity contribution >= 4 is 33.6 Å². The van der Waals surface area contributed by atoms with Gasteiger partial charge in [-0.1, -0.05) is 15.9 Å². The highest BCUT2D eigenvalue weighted by Gasteiger charge is 2.31. The molecule has 0 radical (unpaired) electrons. The number of carbonyl (C=O) groups excluding carboxylic acids is 2. The third kappa shape index (κ3) is 1.97. The van der Waals surface area contributed by atoms with Gasteiger partial charge in [0.05, 0.1) is 16.8 Å². The van der Waals surface area contributed by atoms with E-state index in [2.05, 4.69) is 21.2 Å². The Labute approximate surface area is 127 Å². The van der Waals surface area contributed by atoms with Gasteiger partial charge < -0.3 is 5.73 Å². The molecule has 0 spiro atoms. The lowest BCUT2D eigenvalue weighted by molar-refractivity contribution is 0.0880. The number of nitrogen functional groups attached to an aromatic ring is 1.